The Morgan fingerprint density at radius 1 is 1.47 bits per heavy atom. The molecular formula is C10H9ClN4O2. The van der Waals surface area contributed by atoms with Crippen LogP contribution in [0.3, 0.4) is 0 Å². The van der Waals surface area contributed by atoms with Crippen molar-refractivity contribution in [2.45, 2.75) is 0 Å². The Morgan fingerprint density at radius 2 is 2.24 bits per heavy atom. The van der Waals surface area contributed by atoms with E-state index >= 15 is 0 Å². The number of carbonyl (C=O) groups is 1. The maximum Gasteiger partial charge on any atom is 0.360 e. The Kier molecular flexibility index (Phi) is 2.97. The molecular weight excluding hydrogens is 244 g/mol. The van der Waals surface area contributed by atoms with E-state index < -0.39 is 5.97 Å². The molecule has 88 valence electrons. The van der Waals surface area contributed by atoms with Gasteiger partial charge in [0, 0.05) is 12.1 Å². The van der Waals surface area contributed by atoms with Crippen molar-refractivity contribution in [3.8, 4) is 5.69 Å². The predicted molar refractivity (Wildman–Crippen MR) is 62.9 cm³/mol. The van der Waals surface area contributed by atoms with Gasteiger partial charge in [-0.2, -0.15) is 0 Å². The van der Waals surface area contributed by atoms with Crippen molar-refractivity contribution in [2.24, 2.45) is 0 Å². The van der Waals surface area contributed by atoms with E-state index in [0.29, 0.717) is 10.7 Å². The summed E-state index contributed by atoms with van der Waals surface area (Å²) in [5.74, 6) is -0.930. The molecule has 1 aromatic heterocycles. The number of nitrogens with one attached hydrogen (secondary N) is 1. The Balaban J connectivity index is 2.50. The van der Waals surface area contributed by atoms with Gasteiger partial charge in [-0.3, -0.25) is 0 Å². The second-order valence-electron chi connectivity index (χ2n) is 3.22. The Labute approximate surface area is 102 Å². The molecule has 6 nitrogen and oxygen atoms in total. The fourth-order valence-electron chi connectivity index (χ4n) is 1.33. The number of rotatable bonds is 3. The van der Waals surface area contributed by atoms with Crippen LogP contribution >= 0.6 is 11.6 Å². The van der Waals surface area contributed by atoms with Crippen molar-refractivity contribution in [3.63, 3.8) is 0 Å². The molecule has 0 aliphatic carbocycles. The molecule has 2 rings (SSSR count). The fourth-order valence-corrected chi connectivity index (χ4v) is 1.52. The minimum Gasteiger partial charge on any atom is -0.476 e. The zero-order valence-electron chi connectivity index (χ0n) is 8.88. The van der Waals surface area contributed by atoms with Gasteiger partial charge in [0.05, 0.1) is 5.69 Å². The smallest absolute Gasteiger partial charge is 0.360 e. The molecule has 7 heteroatoms. The normalized spacial score (nSPS) is 10.2. The summed E-state index contributed by atoms with van der Waals surface area (Å²) in [6, 6.07) is 6.83. The molecule has 2 aromatic rings. The summed E-state index contributed by atoms with van der Waals surface area (Å²) >= 11 is 5.84. The Bertz CT molecular complexity index is 567. The lowest BCUT2D eigenvalue weighted by atomic mass is 10.3. The highest BCUT2D eigenvalue weighted by molar-refractivity contribution is 6.30. The van der Waals surface area contributed by atoms with Gasteiger partial charge in [-0.15, -0.1) is 15.0 Å². The zero-order chi connectivity index (χ0) is 12.4. The number of aromatic nitrogens is 3. The van der Waals surface area contributed by atoms with Crippen LogP contribution in [0.4, 0.5) is 5.82 Å². The largest absolute Gasteiger partial charge is 0.476 e. The molecule has 1 aromatic carbocycles. The quantitative estimate of drug-likeness (QED) is 0.868. The van der Waals surface area contributed by atoms with E-state index in [-0.39, 0.29) is 11.5 Å². The van der Waals surface area contributed by atoms with E-state index in [1.165, 1.54) is 4.80 Å². The molecule has 0 amide bonds. The van der Waals surface area contributed by atoms with Crippen LogP contribution in [0.5, 0.6) is 0 Å². The zero-order valence-corrected chi connectivity index (χ0v) is 9.64. The lowest BCUT2D eigenvalue weighted by Gasteiger charge is -1.98. The van der Waals surface area contributed by atoms with Gasteiger partial charge in [0.1, 0.15) is 0 Å². The molecule has 17 heavy (non-hydrogen) atoms. The monoisotopic (exact) mass is 252 g/mol. The highest BCUT2D eigenvalue weighted by atomic mass is 35.5. The average molecular weight is 253 g/mol. The second-order valence-corrected chi connectivity index (χ2v) is 3.66. The van der Waals surface area contributed by atoms with Crippen molar-refractivity contribution in [2.75, 3.05) is 12.4 Å². The first kappa shape index (κ1) is 11.4. The highest BCUT2D eigenvalue weighted by Gasteiger charge is 2.17. The molecule has 1 heterocycles. The molecule has 0 atom stereocenters. The van der Waals surface area contributed by atoms with E-state index in [9.17, 15) is 4.79 Å². The first-order chi connectivity index (χ1) is 8.11. The number of halogens is 1. The maximum atomic E-state index is 10.9. The first-order valence-corrected chi connectivity index (χ1v) is 5.14. The van der Waals surface area contributed by atoms with Crippen molar-refractivity contribution >= 4 is 23.4 Å². The SMILES string of the molecule is CNc1nn(-c2cccc(Cl)c2)nc1C(=O)O. The van der Waals surface area contributed by atoms with Crippen molar-refractivity contribution in [3.05, 3.63) is 35.0 Å². The summed E-state index contributed by atoms with van der Waals surface area (Å²) in [4.78, 5) is 12.1. The molecule has 0 aliphatic heterocycles. The van der Waals surface area contributed by atoms with E-state index in [4.69, 9.17) is 16.7 Å². The number of benzene rings is 1. The van der Waals surface area contributed by atoms with Gasteiger partial charge in [0.2, 0.25) is 5.69 Å². The lowest BCUT2D eigenvalue weighted by molar-refractivity contribution is 0.0691. The minimum atomic E-state index is -1.14. The molecule has 0 unspecified atom stereocenters. The summed E-state index contributed by atoms with van der Waals surface area (Å²) in [7, 11) is 1.58. The summed E-state index contributed by atoms with van der Waals surface area (Å²) < 4.78 is 0. The van der Waals surface area contributed by atoms with E-state index in [1.54, 1.807) is 31.3 Å². The Hall–Kier alpha value is -2.08. The molecule has 0 radical (unpaired) electrons. The molecule has 0 bridgehead atoms. The maximum absolute atomic E-state index is 10.9. The second kappa shape index (κ2) is 4.42. The molecule has 0 spiro atoms. The number of carboxylic acid groups (broad SMARTS) is 1. The number of hydrogen-bond acceptors (Lipinski definition) is 4. The van der Waals surface area contributed by atoms with Gasteiger partial charge in [-0.1, -0.05) is 17.7 Å². The molecule has 0 saturated carbocycles. The lowest BCUT2D eigenvalue weighted by Crippen LogP contribution is -2.02. The molecule has 0 saturated heterocycles. The third kappa shape index (κ3) is 2.21. The van der Waals surface area contributed by atoms with Crippen LogP contribution in [0.15, 0.2) is 24.3 Å². The van der Waals surface area contributed by atoms with Gasteiger partial charge < -0.3 is 10.4 Å². The molecule has 0 aliphatic rings. The number of aromatic carboxylic acids is 1. The van der Waals surface area contributed by atoms with Crippen LogP contribution in [-0.4, -0.2) is 33.1 Å². The van der Waals surface area contributed by atoms with Crippen molar-refractivity contribution < 1.29 is 9.90 Å². The number of anilines is 1. The van der Waals surface area contributed by atoms with E-state index in [1.807, 2.05) is 0 Å². The van der Waals surface area contributed by atoms with Crippen molar-refractivity contribution in [1.82, 2.24) is 15.0 Å². The predicted octanol–water partition coefficient (Wildman–Crippen LogP) is 1.66. The minimum absolute atomic E-state index is 0.132. The van der Waals surface area contributed by atoms with E-state index in [0.717, 1.165) is 0 Å². The number of nitrogens with zero attached hydrogens (tertiary/aromatic N) is 3. The number of carboxylic acids is 1. The summed E-state index contributed by atoms with van der Waals surface area (Å²) in [5.41, 5.74) is 0.467. The van der Waals surface area contributed by atoms with Crippen molar-refractivity contribution in [1.29, 1.82) is 0 Å². The third-order valence-electron chi connectivity index (χ3n) is 2.09. The van der Waals surface area contributed by atoms with Gasteiger partial charge >= 0.3 is 5.97 Å². The standard InChI is InChI=1S/C10H9ClN4O2/c1-12-9-8(10(16)17)13-15(14-9)7-4-2-3-6(11)5-7/h2-5H,1H3,(H,12,14)(H,16,17). The van der Waals surface area contributed by atoms with Gasteiger partial charge in [0.15, 0.2) is 5.82 Å². The average Bonchev–Trinajstić information content (AvgIpc) is 2.73. The summed E-state index contributed by atoms with van der Waals surface area (Å²) in [6.07, 6.45) is 0. The third-order valence-corrected chi connectivity index (χ3v) is 2.33. The van der Waals surface area contributed by atoms with Crippen LogP contribution in [0.1, 0.15) is 10.5 Å². The van der Waals surface area contributed by atoms with Crippen LogP contribution in [-0.2, 0) is 0 Å². The van der Waals surface area contributed by atoms with Gasteiger partial charge in [0.25, 0.3) is 0 Å². The summed E-state index contributed by atoms with van der Waals surface area (Å²) in [5, 5.41) is 20.0. The van der Waals surface area contributed by atoms with E-state index in [2.05, 4.69) is 15.5 Å². The van der Waals surface area contributed by atoms with Crippen LogP contribution < -0.4 is 5.32 Å². The first-order valence-electron chi connectivity index (χ1n) is 4.76. The molecule has 2 N–H and O–H groups in total. The van der Waals surface area contributed by atoms with Gasteiger partial charge in [-0.25, -0.2) is 4.79 Å². The van der Waals surface area contributed by atoms with Crippen LogP contribution in [0, 0.1) is 0 Å². The van der Waals surface area contributed by atoms with Crippen LogP contribution in [0.25, 0.3) is 5.69 Å². The Morgan fingerprint density at radius 3 is 2.76 bits per heavy atom. The van der Waals surface area contributed by atoms with Crippen LogP contribution in [0.2, 0.25) is 5.02 Å². The molecule has 0 fully saturated rings. The summed E-state index contributed by atoms with van der Waals surface area (Å²) in [6.45, 7) is 0. The van der Waals surface area contributed by atoms with Gasteiger partial charge in [-0.05, 0) is 18.2 Å². The highest BCUT2D eigenvalue weighted by Crippen LogP contribution is 2.16. The fraction of sp³-hybridized carbons (Fsp3) is 0.100. The topological polar surface area (TPSA) is 80.0 Å². The number of hydrogen-bond donors (Lipinski definition) is 2.